The summed E-state index contributed by atoms with van der Waals surface area (Å²) >= 11 is 0. The first-order valence-electron chi connectivity index (χ1n) is 14.3. The molecule has 0 atom stereocenters. The summed E-state index contributed by atoms with van der Waals surface area (Å²) in [6.07, 6.45) is 4.91. The largest absolute Gasteiger partial charge is 0.463 e. The zero-order valence-corrected chi connectivity index (χ0v) is 24.4. The second-order valence-electron chi connectivity index (χ2n) is 11.8. The van der Waals surface area contributed by atoms with Crippen molar-refractivity contribution in [3.8, 4) is 11.3 Å². The van der Waals surface area contributed by atoms with E-state index in [2.05, 4.69) is 55.2 Å². The Bertz CT molecular complexity index is 1610. The maximum absolute atomic E-state index is 12.4. The molecule has 0 radical (unpaired) electrons. The summed E-state index contributed by atoms with van der Waals surface area (Å²) in [5, 5.41) is 21.0. The zero-order valence-electron chi connectivity index (χ0n) is 24.4. The van der Waals surface area contributed by atoms with Crippen molar-refractivity contribution in [1.82, 2.24) is 14.8 Å². The van der Waals surface area contributed by atoms with E-state index in [1.807, 2.05) is 54.6 Å². The number of rotatable bonds is 8. The van der Waals surface area contributed by atoms with Gasteiger partial charge in [-0.1, -0.05) is 82.7 Å². The minimum Gasteiger partial charge on any atom is -0.463 e. The molecule has 42 heavy (non-hydrogen) atoms. The van der Waals surface area contributed by atoms with E-state index in [0.717, 1.165) is 53.6 Å². The molecule has 0 bridgehead atoms. The molecule has 0 unspecified atom stereocenters. The molecular formula is C34H37N5O3. The summed E-state index contributed by atoms with van der Waals surface area (Å²) in [6, 6.07) is 21.7. The Morgan fingerprint density at radius 2 is 1.76 bits per heavy atom. The van der Waals surface area contributed by atoms with Crippen molar-refractivity contribution < 1.29 is 14.7 Å². The molecule has 8 nitrogen and oxygen atoms in total. The third kappa shape index (κ3) is 6.43. The van der Waals surface area contributed by atoms with Crippen LogP contribution >= 0.6 is 0 Å². The van der Waals surface area contributed by atoms with Crippen LogP contribution < -0.4 is 10.6 Å². The van der Waals surface area contributed by atoms with Gasteiger partial charge in [-0.05, 0) is 66.1 Å². The number of anilines is 3. The monoisotopic (exact) mass is 563 g/mol. The zero-order chi connectivity index (χ0) is 29.9. The van der Waals surface area contributed by atoms with Gasteiger partial charge in [-0.3, -0.25) is 4.79 Å². The van der Waals surface area contributed by atoms with E-state index in [4.69, 9.17) is 4.98 Å². The molecule has 216 valence electrons. The van der Waals surface area contributed by atoms with Crippen molar-refractivity contribution in [2.75, 3.05) is 10.6 Å². The highest BCUT2D eigenvalue weighted by Crippen LogP contribution is 2.43. The number of nitrogens with zero attached hydrogens (tertiary/aromatic N) is 3. The van der Waals surface area contributed by atoms with Crippen LogP contribution in [-0.4, -0.2) is 31.9 Å². The van der Waals surface area contributed by atoms with Crippen LogP contribution in [0.5, 0.6) is 0 Å². The Labute approximate surface area is 246 Å². The van der Waals surface area contributed by atoms with Crippen molar-refractivity contribution >= 4 is 29.3 Å². The number of carboxylic acid groups (broad SMARTS) is 1. The molecular weight excluding hydrogens is 526 g/mol. The lowest BCUT2D eigenvalue weighted by molar-refractivity contribution is -0.111. The molecule has 0 aliphatic heterocycles. The van der Waals surface area contributed by atoms with E-state index >= 15 is 0 Å². The van der Waals surface area contributed by atoms with Crippen LogP contribution in [0.4, 0.5) is 22.1 Å². The van der Waals surface area contributed by atoms with Crippen LogP contribution in [0.2, 0.25) is 0 Å². The Kier molecular flexibility index (Phi) is 8.24. The van der Waals surface area contributed by atoms with Gasteiger partial charge in [0.1, 0.15) is 5.82 Å². The van der Waals surface area contributed by atoms with Crippen LogP contribution in [0, 0.1) is 0 Å². The molecule has 1 aliphatic carbocycles. The number of amides is 1. The normalized spacial score (nSPS) is 13.6. The summed E-state index contributed by atoms with van der Waals surface area (Å²) in [6.45, 7) is 9.80. The van der Waals surface area contributed by atoms with Gasteiger partial charge in [0, 0.05) is 22.7 Å². The summed E-state index contributed by atoms with van der Waals surface area (Å²) in [5.74, 6) is 0.938. The molecule has 2 aromatic carbocycles. The average Bonchev–Trinajstić information content (AvgIpc) is 3.62. The molecule has 1 saturated carbocycles. The van der Waals surface area contributed by atoms with Crippen LogP contribution in [0.1, 0.15) is 74.8 Å². The number of aromatic nitrogens is 3. The number of benzene rings is 2. The quantitative estimate of drug-likeness (QED) is 0.188. The Morgan fingerprint density at radius 1 is 1.02 bits per heavy atom. The summed E-state index contributed by atoms with van der Waals surface area (Å²) in [4.78, 5) is 29.2. The lowest BCUT2D eigenvalue weighted by Crippen LogP contribution is -2.20. The standard InChI is InChI=1S/C34H37N5O3/c1-5-29(40)35-26-17-11-16-25(21-26)27-19-23(18-22-12-7-6-8-13-22)20-28(36-27)37-32-30(34(2,3)4)31(24-14-9-10-15-24)39(38-32)33(41)42/h5-8,11-13,16-17,19-21,24H,1,9-10,14-15,18H2,2-4H3,(H,35,40)(H,41,42)(H,36,37,38). The molecule has 3 N–H and O–H groups in total. The van der Waals surface area contributed by atoms with E-state index in [0.29, 0.717) is 29.4 Å². The number of pyridine rings is 1. The lowest BCUT2D eigenvalue weighted by atomic mass is 9.82. The van der Waals surface area contributed by atoms with Gasteiger partial charge in [-0.25, -0.2) is 9.78 Å². The summed E-state index contributed by atoms with van der Waals surface area (Å²) < 4.78 is 1.17. The first kappa shape index (κ1) is 28.8. The predicted octanol–water partition coefficient (Wildman–Crippen LogP) is 7.89. The van der Waals surface area contributed by atoms with Crippen LogP contribution in [0.25, 0.3) is 11.3 Å². The molecule has 2 aromatic heterocycles. The van der Waals surface area contributed by atoms with Gasteiger partial charge in [-0.15, -0.1) is 5.10 Å². The van der Waals surface area contributed by atoms with E-state index < -0.39 is 6.09 Å². The van der Waals surface area contributed by atoms with Crippen molar-refractivity contribution in [3.05, 3.63) is 102 Å². The van der Waals surface area contributed by atoms with Crippen molar-refractivity contribution in [2.45, 2.75) is 64.2 Å². The van der Waals surface area contributed by atoms with Gasteiger partial charge < -0.3 is 15.7 Å². The molecule has 5 rings (SSSR count). The van der Waals surface area contributed by atoms with Crippen molar-refractivity contribution in [1.29, 1.82) is 0 Å². The van der Waals surface area contributed by atoms with Gasteiger partial charge >= 0.3 is 6.09 Å². The van der Waals surface area contributed by atoms with Crippen LogP contribution in [0.15, 0.2) is 79.4 Å². The highest BCUT2D eigenvalue weighted by molar-refractivity contribution is 5.99. The fraction of sp³-hybridized carbons (Fsp3) is 0.294. The topological polar surface area (TPSA) is 109 Å². The molecule has 0 saturated heterocycles. The first-order valence-corrected chi connectivity index (χ1v) is 14.3. The number of hydrogen-bond donors (Lipinski definition) is 3. The highest BCUT2D eigenvalue weighted by Gasteiger charge is 2.35. The highest BCUT2D eigenvalue weighted by atomic mass is 16.4. The van der Waals surface area contributed by atoms with E-state index in [1.165, 1.54) is 10.8 Å². The number of hydrogen-bond acceptors (Lipinski definition) is 5. The SMILES string of the molecule is C=CC(=O)Nc1cccc(-c2cc(Cc3ccccc3)cc(Nc3nn(C(=O)O)c(C4CCCC4)c3C(C)(C)C)n2)c1. The van der Waals surface area contributed by atoms with Gasteiger partial charge in [0.15, 0.2) is 5.82 Å². The molecule has 2 heterocycles. The Morgan fingerprint density at radius 3 is 2.43 bits per heavy atom. The molecule has 1 aliphatic rings. The maximum atomic E-state index is 12.4. The third-order valence-corrected chi connectivity index (χ3v) is 7.59. The number of carbonyl (C=O) groups excluding carboxylic acids is 1. The lowest BCUT2D eigenvalue weighted by Gasteiger charge is -2.24. The van der Waals surface area contributed by atoms with Gasteiger partial charge in [0.2, 0.25) is 5.91 Å². The van der Waals surface area contributed by atoms with Crippen molar-refractivity contribution in [3.63, 3.8) is 0 Å². The summed E-state index contributed by atoms with van der Waals surface area (Å²) in [5.41, 5.74) is 5.69. The average molecular weight is 564 g/mol. The molecule has 8 heteroatoms. The predicted molar refractivity (Wildman–Crippen MR) is 167 cm³/mol. The van der Waals surface area contributed by atoms with Gasteiger partial charge in [0.05, 0.1) is 11.4 Å². The Hall–Kier alpha value is -4.72. The maximum Gasteiger partial charge on any atom is 0.432 e. The second kappa shape index (κ2) is 12.0. The van der Waals surface area contributed by atoms with Crippen molar-refractivity contribution in [2.24, 2.45) is 0 Å². The second-order valence-corrected chi connectivity index (χ2v) is 11.8. The molecule has 1 amide bonds. The molecule has 1 fully saturated rings. The van der Waals surface area contributed by atoms with Crippen LogP contribution in [0.3, 0.4) is 0 Å². The molecule has 0 spiro atoms. The smallest absolute Gasteiger partial charge is 0.432 e. The van der Waals surface area contributed by atoms with E-state index in [-0.39, 0.29) is 17.2 Å². The minimum absolute atomic E-state index is 0.153. The number of carbonyl (C=O) groups is 2. The summed E-state index contributed by atoms with van der Waals surface area (Å²) in [7, 11) is 0. The van der Waals surface area contributed by atoms with Crippen LogP contribution in [-0.2, 0) is 16.6 Å². The van der Waals surface area contributed by atoms with E-state index in [9.17, 15) is 14.7 Å². The van der Waals surface area contributed by atoms with Gasteiger partial charge in [0.25, 0.3) is 0 Å². The first-order chi connectivity index (χ1) is 20.1. The number of nitrogens with one attached hydrogen (secondary N) is 2. The minimum atomic E-state index is -1.08. The molecule has 4 aromatic rings. The Balaban J connectivity index is 1.61. The fourth-order valence-corrected chi connectivity index (χ4v) is 5.78. The van der Waals surface area contributed by atoms with E-state index in [1.54, 1.807) is 0 Å². The third-order valence-electron chi connectivity index (χ3n) is 7.59. The van der Waals surface area contributed by atoms with Gasteiger partial charge in [-0.2, -0.15) is 4.68 Å². The fourth-order valence-electron chi connectivity index (χ4n) is 5.78.